The molecule has 0 atom stereocenters. The van der Waals surface area contributed by atoms with Crippen molar-refractivity contribution in [3.8, 4) is 0 Å². The zero-order valence-corrected chi connectivity index (χ0v) is 20.0. The largest absolute Gasteiger partial charge is 0.478 e. The first kappa shape index (κ1) is 30.9. The van der Waals surface area contributed by atoms with Crippen LogP contribution in [0.2, 0.25) is 0 Å². The van der Waals surface area contributed by atoms with Crippen LogP contribution < -0.4 is 0 Å². The standard InChI is InChI=1S/C13H12O6.C8H4O3.C5H8O3/c1-2-11(14)18-7-8-19-13(17)10-6-4-3-5-9(10)12(15)16;9-7-5-3-1-2-4-6(5)8(10)11-7;1-2-5(7)8-4-3-6/h2-6H,1,7-8H2,(H,15,16);1-4H;2,6H,1,3-4H2. The molecule has 12 nitrogen and oxygen atoms in total. The number of benzene rings is 2. The molecule has 0 aliphatic carbocycles. The number of carboxylic acid groups (broad SMARTS) is 1. The summed E-state index contributed by atoms with van der Waals surface area (Å²) in [6.45, 7) is 5.99. The van der Waals surface area contributed by atoms with Gasteiger partial charge in [0.25, 0.3) is 0 Å². The molecule has 0 aromatic heterocycles. The number of hydrogen-bond donors (Lipinski definition) is 2. The van der Waals surface area contributed by atoms with Crippen molar-refractivity contribution in [2.75, 3.05) is 26.4 Å². The number of aliphatic hydroxyl groups excluding tert-OH is 1. The van der Waals surface area contributed by atoms with Crippen LogP contribution in [0.1, 0.15) is 41.4 Å². The van der Waals surface area contributed by atoms with Crippen LogP contribution in [0.4, 0.5) is 0 Å². The molecule has 200 valence electrons. The van der Waals surface area contributed by atoms with Crippen molar-refractivity contribution in [1.82, 2.24) is 0 Å². The lowest BCUT2D eigenvalue weighted by Gasteiger charge is -2.07. The number of rotatable bonds is 9. The van der Waals surface area contributed by atoms with Crippen molar-refractivity contribution in [2.45, 2.75) is 0 Å². The van der Waals surface area contributed by atoms with E-state index < -0.39 is 35.8 Å². The van der Waals surface area contributed by atoms with E-state index in [9.17, 15) is 28.8 Å². The summed E-state index contributed by atoms with van der Waals surface area (Å²) < 4.78 is 18.1. The molecule has 2 N–H and O–H groups in total. The van der Waals surface area contributed by atoms with Gasteiger partial charge in [-0.25, -0.2) is 28.8 Å². The third-order valence-electron chi connectivity index (χ3n) is 4.16. The lowest BCUT2D eigenvalue weighted by atomic mass is 10.1. The Morgan fingerprint density at radius 3 is 1.66 bits per heavy atom. The summed E-state index contributed by atoms with van der Waals surface area (Å²) in [4.78, 5) is 65.0. The van der Waals surface area contributed by atoms with Crippen LogP contribution in [-0.2, 0) is 28.5 Å². The van der Waals surface area contributed by atoms with Crippen LogP contribution in [-0.4, -0.2) is 72.5 Å². The highest BCUT2D eigenvalue weighted by Gasteiger charge is 2.28. The fourth-order valence-electron chi connectivity index (χ4n) is 2.50. The van der Waals surface area contributed by atoms with E-state index in [1.54, 1.807) is 24.3 Å². The Balaban J connectivity index is 0.000000319. The zero-order chi connectivity index (χ0) is 28.5. The highest BCUT2D eigenvalue weighted by Crippen LogP contribution is 2.18. The van der Waals surface area contributed by atoms with Gasteiger partial charge in [-0.15, -0.1) is 0 Å². The molecule has 0 radical (unpaired) electrons. The summed E-state index contributed by atoms with van der Waals surface area (Å²) in [6, 6.07) is 12.2. The van der Waals surface area contributed by atoms with Crippen molar-refractivity contribution in [3.05, 3.63) is 96.1 Å². The monoisotopic (exact) mass is 528 g/mol. The fourth-order valence-corrected chi connectivity index (χ4v) is 2.50. The first-order chi connectivity index (χ1) is 18.2. The van der Waals surface area contributed by atoms with Gasteiger partial charge < -0.3 is 29.2 Å². The van der Waals surface area contributed by atoms with Crippen LogP contribution in [0.25, 0.3) is 0 Å². The van der Waals surface area contributed by atoms with Gasteiger partial charge in [-0.1, -0.05) is 37.4 Å². The van der Waals surface area contributed by atoms with Gasteiger partial charge in [0.2, 0.25) is 0 Å². The minimum atomic E-state index is -1.22. The average molecular weight is 528 g/mol. The Bertz CT molecular complexity index is 1170. The minimum absolute atomic E-state index is 0.0465. The van der Waals surface area contributed by atoms with Gasteiger partial charge in [-0.3, -0.25) is 0 Å². The van der Waals surface area contributed by atoms with Crippen molar-refractivity contribution in [1.29, 1.82) is 0 Å². The number of ether oxygens (including phenoxy) is 4. The molecule has 0 bridgehead atoms. The molecule has 0 saturated heterocycles. The van der Waals surface area contributed by atoms with Crippen LogP contribution in [0.3, 0.4) is 0 Å². The van der Waals surface area contributed by atoms with Gasteiger partial charge >= 0.3 is 35.8 Å². The smallest absolute Gasteiger partial charge is 0.346 e. The lowest BCUT2D eigenvalue weighted by molar-refractivity contribution is -0.139. The van der Waals surface area contributed by atoms with E-state index in [0.29, 0.717) is 11.1 Å². The molecule has 0 saturated carbocycles. The quantitative estimate of drug-likeness (QED) is 0.159. The van der Waals surface area contributed by atoms with Crippen LogP contribution in [0.5, 0.6) is 0 Å². The maximum Gasteiger partial charge on any atom is 0.346 e. The maximum atomic E-state index is 11.6. The molecule has 1 heterocycles. The molecule has 0 spiro atoms. The van der Waals surface area contributed by atoms with Gasteiger partial charge in [0.1, 0.15) is 19.8 Å². The zero-order valence-electron chi connectivity index (χ0n) is 20.0. The van der Waals surface area contributed by atoms with Gasteiger partial charge in [0.05, 0.1) is 28.9 Å². The molecule has 38 heavy (non-hydrogen) atoms. The van der Waals surface area contributed by atoms with Crippen LogP contribution in [0.15, 0.2) is 73.8 Å². The predicted molar refractivity (Wildman–Crippen MR) is 129 cm³/mol. The molecule has 0 fully saturated rings. The second-order valence-corrected chi connectivity index (χ2v) is 6.68. The predicted octanol–water partition coefficient (Wildman–Crippen LogP) is 1.98. The number of aromatic carboxylic acids is 1. The first-order valence-electron chi connectivity index (χ1n) is 10.7. The Kier molecular flexibility index (Phi) is 13.5. The molecule has 0 amide bonds. The first-order valence-corrected chi connectivity index (χ1v) is 10.7. The van der Waals surface area contributed by atoms with E-state index in [1.165, 1.54) is 24.3 Å². The fraction of sp³-hybridized carbons (Fsp3) is 0.154. The van der Waals surface area contributed by atoms with E-state index in [4.69, 9.17) is 14.9 Å². The summed E-state index contributed by atoms with van der Waals surface area (Å²) in [7, 11) is 0. The minimum Gasteiger partial charge on any atom is -0.478 e. The summed E-state index contributed by atoms with van der Waals surface area (Å²) >= 11 is 0. The Hall–Kier alpha value is -5.10. The van der Waals surface area contributed by atoms with E-state index in [2.05, 4.69) is 27.4 Å². The number of carboxylic acids is 1. The van der Waals surface area contributed by atoms with Gasteiger partial charge in [-0.2, -0.15) is 0 Å². The highest BCUT2D eigenvalue weighted by atomic mass is 16.6. The Morgan fingerprint density at radius 2 is 1.18 bits per heavy atom. The number of fused-ring (bicyclic) bond motifs is 1. The molecule has 1 aliphatic rings. The number of carbonyl (C=O) groups excluding carboxylic acids is 5. The molecule has 2 aromatic rings. The van der Waals surface area contributed by atoms with Gasteiger partial charge in [0, 0.05) is 12.2 Å². The van der Waals surface area contributed by atoms with E-state index in [0.717, 1.165) is 12.2 Å². The van der Waals surface area contributed by atoms with Crippen molar-refractivity contribution in [3.63, 3.8) is 0 Å². The van der Waals surface area contributed by atoms with Crippen LogP contribution >= 0.6 is 0 Å². The third kappa shape index (κ3) is 10.3. The van der Waals surface area contributed by atoms with E-state index in [1.807, 2.05) is 0 Å². The summed E-state index contributed by atoms with van der Waals surface area (Å²) in [5, 5.41) is 17.0. The second kappa shape index (κ2) is 16.5. The van der Waals surface area contributed by atoms with Crippen molar-refractivity contribution < 1.29 is 57.9 Å². The van der Waals surface area contributed by atoms with Crippen molar-refractivity contribution >= 4 is 35.8 Å². The highest BCUT2D eigenvalue weighted by molar-refractivity contribution is 6.14. The molecule has 3 rings (SSSR count). The summed E-state index contributed by atoms with van der Waals surface area (Å²) in [5.41, 5.74) is 0.524. The van der Waals surface area contributed by atoms with Crippen LogP contribution in [0, 0.1) is 0 Å². The van der Waals surface area contributed by atoms with Gasteiger partial charge in [0.15, 0.2) is 0 Å². The number of esters is 5. The topological polar surface area (TPSA) is 180 Å². The summed E-state index contributed by atoms with van der Waals surface area (Å²) in [5.74, 6) is -4.23. The van der Waals surface area contributed by atoms with Gasteiger partial charge in [-0.05, 0) is 24.3 Å². The summed E-state index contributed by atoms with van der Waals surface area (Å²) in [6.07, 6.45) is 2.04. The molecular weight excluding hydrogens is 504 g/mol. The maximum absolute atomic E-state index is 11.6. The normalized spacial score (nSPS) is 10.7. The number of hydrogen-bond acceptors (Lipinski definition) is 11. The molecule has 2 aromatic carbocycles. The molecule has 1 aliphatic heterocycles. The Labute approximate surface area is 216 Å². The number of cyclic esters (lactones) is 2. The second-order valence-electron chi connectivity index (χ2n) is 6.68. The van der Waals surface area contributed by atoms with E-state index >= 15 is 0 Å². The number of carbonyl (C=O) groups is 6. The Morgan fingerprint density at radius 1 is 0.737 bits per heavy atom. The third-order valence-corrected chi connectivity index (χ3v) is 4.16. The van der Waals surface area contributed by atoms with Crippen molar-refractivity contribution in [2.24, 2.45) is 0 Å². The molecule has 12 heteroatoms. The SMILES string of the molecule is C=CC(=O)OCCO.C=CC(=O)OCCOC(=O)c1ccccc1C(=O)O.O=C1OC(=O)c2ccccc21. The lowest BCUT2D eigenvalue weighted by Crippen LogP contribution is -2.15. The average Bonchev–Trinajstić information content (AvgIpc) is 3.23. The molecular formula is C26H24O12. The van der Waals surface area contributed by atoms with E-state index in [-0.39, 0.29) is 37.6 Å². The molecule has 0 unspecified atom stereocenters. The number of aliphatic hydroxyl groups is 1.